The standard InChI is InChI=1S/C8H18Cl2N2O2/c9-1-3-11-5-7(13)8(14)6-12-4-2-10/h7-8,11-14H,1-6H2/t7-,8+. The molecule has 0 unspecified atom stereocenters. The molecule has 4 N–H and O–H groups in total. The second kappa shape index (κ2) is 9.96. The quantitative estimate of drug-likeness (QED) is 0.322. The Morgan fingerprint density at radius 3 is 1.50 bits per heavy atom. The Labute approximate surface area is 94.6 Å². The highest BCUT2D eigenvalue weighted by molar-refractivity contribution is 6.18. The van der Waals surface area contributed by atoms with Gasteiger partial charge in [0.2, 0.25) is 0 Å². The van der Waals surface area contributed by atoms with Crippen LogP contribution in [0.2, 0.25) is 0 Å². The maximum atomic E-state index is 9.42. The van der Waals surface area contributed by atoms with E-state index in [4.69, 9.17) is 23.2 Å². The number of nitrogens with one attached hydrogen (secondary N) is 2. The fraction of sp³-hybridized carbons (Fsp3) is 1.00. The number of hydrogen-bond acceptors (Lipinski definition) is 4. The first-order valence-electron chi connectivity index (χ1n) is 4.61. The van der Waals surface area contributed by atoms with Crippen LogP contribution in [0.25, 0.3) is 0 Å². The first-order valence-corrected chi connectivity index (χ1v) is 5.68. The van der Waals surface area contributed by atoms with Crippen LogP contribution in [0.15, 0.2) is 0 Å². The van der Waals surface area contributed by atoms with Gasteiger partial charge in [-0.2, -0.15) is 0 Å². The van der Waals surface area contributed by atoms with Gasteiger partial charge >= 0.3 is 0 Å². The van der Waals surface area contributed by atoms with Gasteiger partial charge in [-0.1, -0.05) is 0 Å². The first kappa shape index (κ1) is 14.4. The lowest BCUT2D eigenvalue weighted by Gasteiger charge is -2.18. The molecule has 0 fully saturated rings. The van der Waals surface area contributed by atoms with Gasteiger partial charge < -0.3 is 20.8 Å². The number of rotatable bonds is 9. The van der Waals surface area contributed by atoms with Gasteiger partial charge in [0, 0.05) is 37.9 Å². The van der Waals surface area contributed by atoms with E-state index in [1.54, 1.807) is 0 Å². The minimum absolute atomic E-state index is 0.344. The van der Waals surface area contributed by atoms with Crippen LogP contribution in [0, 0.1) is 0 Å². The van der Waals surface area contributed by atoms with Crippen LogP contribution < -0.4 is 10.6 Å². The number of aliphatic hydroxyl groups is 2. The van der Waals surface area contributed by atoms with Crippen molar-refractivity contribution in [3.8, 4) is 0 Å². The highest BCUT2D eigenvalue weighted by Gasteiger charge is 2.14. The van der Waals surface area contributed by atoms with E-state index in [-0.39, 0.29) is 0 Å². The second-order valence-electron chi connectivity index (χ2n) is 2.92. The molecule has 0 aliphatic heterocycles. The Morgan fingerprint density at radius 2 is 1.21 bits per heavy atom. The summed E-state index contributed by atoms with van der Waals surface area (Å²) in [6.07, 6.45) is -1.55. The SMILES string of the molecule is O[C@H](CNCCCl)[C@@H](O)CNCCCl. The van der Waals surface area contributed by atoms with Gasteiger partial charge in [0.15, 0.2) is 0 Å². The van der Waals surface area contributed by atoms with Gasteiger partial charge in [0.25, 0.3) is 0 Å². The van der Waals surface area contributed by atoms with Crippen molar-refractivity contribution in [1.82, 2.24) is 10.6 Å². The molecule has 0 amide bonds. The number of alkyl halides is 2. The fourth-order valence-electron chi connectivity index (χ4n) is 0.906. The van der Waals surface area contributed by atoms with Crippen molar-refractivity contribution >= 4 is 23.2 Å². The Morgan fingerprint density at radius 1 is 0.857 bits per heavy atom. The molecule has 0 aromatic rings. The molecule has 0 rings (SSSR count). The molecule has 0 aliphatic rings. The fourth-order valence-corrected chi connectivity index (χ4v) is 1.17. The van der Waals surface area contributed by atoms with Crippen LogP contribution in [-0.4, -0.2) is 60.4 Å². The molecule has 4 nitrogen and oxygen atoms in total. The molecule has 0 aromatic heterocycles. The van der Waals surface area contributed by atoms with Crippen LogP contribution in [0.3, 0.4) is 0 Å². The summed E-state index contributed by atoms with van der Waals surface area (Å²) < 4.78 is 0. The molecular formula is C8H18Cl2N2O2. The maximum absolute atomic E-state index is 9.42. The number of aliphatic hydroxyl groups excluding tert-OH is 2. The van der Waals surface area contributed by atoms with Gasteiger partial charge in [0.05, 0.1) is 12.2 Å². The summed E-state index contributed by atoms with van der Waals surface area (Å²) in [7, 11) is 0. The minimum Gasteiger partial charge on any atom is -0.389 e. The molecule has 0 heterocycles. The highest BCUT2D eigenvalue weighted by atomic mass is 35.5. The molecule has 14 heavy (non-hydrogen) atoms. The van der Waals surface area contributed by atoms with Crippen LogP contribution in [0.1, 0.15) is 0 Å². The van der Waals surface area contributed by atoms with E-state index in [2.05, 4.69) is 10.6 Å². The molecule has 0 spiro atoms. The highest BCUT2D eigenvalue weighted by Crippen LogP contribution is 1.90. The summed E-state index contributed by atoms with van der Waals surface area (Å²) in [5, 5.41) is 24.7. The molecule has 6 heteroatoms. The Bertz CT molecular complexity index is 116. The third kappa shape index (κ3) is 7.79. The second-order valence-corrected chi connectivity index (χ2v) is 3.68. The summed E-state index contributed by atoms with van der Waals surface area (Å²) in [5.74, 6) is 0.987. The van der Waals surface area contributed by atoms with E-state index in [1.807, 2.05) is 0 Å². The van der Waals surface area contributed by atoms with Gasteiger partial charge in [-0.15, -0.1) is 23.2 Å². The summed E-state index contributed by atoms with van der Waals surface area (Å²) in [6.45, 7) is 1.94. The summed E-state index contributed by atoms with van der Waals surface area (Å²) in [5.41, 5.74) is 0. The lowest BCUT2D eigenvalue weighted by molar-refractivity contribution is 0.0216. The number of hydrogen-bond donors (Lipinski definition) is 4. The molecule has 0 aliphatic carbocycles. The van der Waals surface area contributed by atoms with E-state index >= 15 is 0 Å². The van der Waals surface area contributed by atoms with Crippen molar-refractivity contribution in [3.05, 3.63) is 0 Å². The van der Waals surface area contributed by atoms with E-state index in [0.29, 0.717) is 37.9 Å². The average molecular weight is 245 g/mol. The van der Waals surface area contributed by atoms with Crippen LogP contribution >= 0.6 is 23.2 Å². The van der Waals surface area contributed by atoms with Crippen LogP contribution in [-0.2, 0) is 0 Å². The lowest BCUT2D eigenvalue weighted by atomic mass is 10.2. The van der Waals surface area contributed by atoms with Crippen molar-refractivity contribution in [3.63, 3.8) is 0 Å². The van der Waals surface area contributed by atoms with E-state index in [9.17, 15) is 10.2 Å². The van der Waals surface area contributed by atoms with E-state index in [0.717, 1.165) is 0 Å². The first-order chi connectivity index (χ1) is 6.72. The molecule has 86 valence electrons. The molecule has 2 atom stereocenters. The van der Waals surface area contributed by atoms with Gasteiger partial charge in [-0.3, -0.25) is 0 Å². The Kier molecular flexibility index (Phi) is 10.3. The van der Waals surface area contributed by atoms with Crippen molar-refractivity contribution < 1.29 is 10.2 Å². The minimum atomic E-state index is -0.777. The molecule has 0 radical (unpaired) electrons. The summed E-state index contributed by atoms with van der Waals surface area (Å²) in [4.78, 5) is 0. The predicted molar refractivity (Wildman–Crippen MR) is 59.2 cm³/mol. The summed E-state index contributed by atoms with van der Waals surface area (Å²) >= 11 is 10.9. The normalized spacial score (nSPS) is 15.4. The predicted octanol–water partition coefficient (Wildman–Crippen LogP) is -0.635. The van der Waals surface area contributed by atoms with Crippen molar-refractivity contribution in [1.29, 1.82) is 0 Å². The van der Waals surface area contributed by atoms with Crippen molar-refractivity contribution in [2.75, 3.05) is 37.9 Å². The largest absolute Gasteiger partial charge is 0.389 e. The molecular weight excluding hydrogens is 227 g/mol. The third-order valence-electron chi connectivity index (χ3n) is 1.69. The number of halogens is 2. The smallest absolute Gasteiger partial charge is 0.0935 e. The van der Waals surface area contributed by atoms with E-state index in [1.165, 1.54) is 0 Å². The summed E-state index contributed by atoms with van der Waals surface area (Å²) in [6, 6.07) is 0. The molecule has 0 bridgehead atoms. The molecule has 0 saturated carbocycles. The lowest BCUT2D eigenvalue weighted by Crippen LogP contribution is -2.42. The zero-order valence-corrected chi connectivity index (χ0v) is 9.56. The zero-order chi connectivity index (χ0) is 10.8. The average Bonchev–Trinajstić information content (AvgIpc) is 2.18. The topological polar surface area (TPSA) is 64.5 Å². The zero-order valence-electron chi connectivity index (χ0n) is 8.05. The molecule has 0 saturated heterocycles. The van der Waals surface area contributed by atoms with Gasteiger partial charge in [0.1, 0.15) is 0 Å². The third-order valence-corrected chi connectivity index (χ3v) is 2.07. The van der Waals surface area contributed by atoms with Crippen molar-refractivity contribution in [2.45, 2.75) is 12.2 Å². The Hall–Kier alpha value is 0.420. The van der Waals surface area contributed by atoms with Gasteiger partial charge in [-0.05, 0) is 0 Å². The monoisotopic (exact) mass is 244 g/mol. The van der Waals surface area contributed by atoms with Crippen LogP contribution in [0.5, 0.6) is 0 Å². The van der Waals surface area contributed by atoms with Crippen molar-refractivity contribution in [2.24, 2.45) is 0 Å². The van der Waals surface area contributed by atoms with Crippen LogP contribution in [0.4, 0.5) is 0 Å². The molecule has 0 aromatic carbocycles. The van der Waals surface area contributed by atoms with E-state index < -0.39 is 12.2 Å². The Balaban J connectivity index is 3.39. The van der Waals surface area contributed by atoms with Gasteiger partial charge in [-0.25, -0.2) is 0 Å². The maximum Gasteiger partial charge on any atom is 0.0935 e.